The minimum absolute atomic E-state index is 0.0424. The van der Waals surface area contributed by atoms with Crippen molar-refractivity contribution in [1.29, 1.82) is 0 Å². The topological polar surface area (TPSA) is 102 Å². The van der Waals surface area contributed by atoms with Gasteiger partial charge in [0.2, 0.25) is 0 Å². The van der Waals surface area contributed by atoms with E-state index in [0.29, 0.717) is 13.1 Å². The molecule has 0 saturated heterocycles. The van der Waals surface area contributed by atoms with Crippen molar-refractivity contribution in [1.82, 2.24) is 15.5 Å². The number of nitrogens with one attached hydrogen (secondary N) is 2. The Balaban J connectivity index is 1.71. The van der Waals surface area contributed by atoms with Crippen LogP contribution in [0, 0.1) is 0 Å². The summed E-state index contributed by atoms with van der Waals surface area (Å²) in [6, 6.07) is 7.56. The van der Waals surface area contributed by atoms with Gasteiger partial charge < -0.3 is 20.8 Å². The molecule has 0 aliphatic heterocycles. The molecule has 1 aromatic carbocycles. The van der Waals surface area contributed by atoms with Crippen LogP contribution < -0.4 is 10.6 Å². The molecule has 0 spiro atoms. The van der Waals surface area contributed by atoms with Crippen LogP contribution >= 0.6 is 0 Å². The van der Waals surface area contributed by atoms with E-state index in [9.17, 15) is 14.7 Å². The Hall–Kier alpha value is -2.12. The predicted octanol–water partition coefficient (Wildman–Crippen LogP) is 1.65. The lowest BCUT2D eigenvalue weighted by Crippen LogP contribution is -2.56. The molecule has 1 aliphatic rings. The molecule has 2 rings (SSSR count). The summed E-state index contributed by atoms with van der Waals surface area (Å²) in [4.78, 5) is 24.8. The van der Waals surface area contributed by atoms with Gasteiger partial charge in [-0.25, -0.2) is 4.79 Å². The fraction of sp³-hybridized carbons (Fsp3) is 0.579. The molecule has 0 radical (unpaired) electrons. The lowest BCUT2D eigenvalue weighted by atomic mass is 9.85. The van der Waals surface area contributed by atoms with Gasteiger partial charge in [0.05, 0.1) is 12.1 Å². The minimum atomic E-state index is -0.878. The van der Waals surface area contributed by atoms with E-state index in [0.717, 1.165) is 24.0 Å². The molecule has 144 valence electrons. The molecule has 7 nitrogen and oxygen atoms in total. The smallest absolute Gasteiger partial charge is 0.317 e. The number of hydrogen-bond donors (Lipinski definition) is 4. The first-order chi connectivity index (χ1) is 12.2. The number of likely N-dealkylation sites (N-methyl/N-ethyl adjacent to an activating group) is 1. The summed E-state index contributed by atoms with van der Waals surface area (Å²) in [7, 11) is 0. The van der Waals surface area contributed by atoms with Crippen molar-refractivity contribution < 1.29 is 19.8 Å². The first-order valence-corrected chi connectivity index (χ1v) is 9.01. The zero-order valence-corrected chi connectivity index (χ0v) is 15.7. The van der Waals surface area contributed by atoms with E-state index < -0.39 is 11.6 Å². The highest BCUT2D eigenvalue weighted by Crippen LogP contribution is 2.25. The highest BCUT2D eigenvalue weighted by Gasteiger charge is 2.34. The molecule has 0 heterocycles. The SMILES string of the molecule is CCN(CC(=O)O)C1CC(NC(=O)NCc2ccc(C(C)(C)O)cc2)C1. The van der Waals surface area contributed by atoms with Gasteiger partial charge in [0.25, 0.3) is 0 Å². The third-order valence-corrected chi connectivity index (χ3v) is 4.82. The van der Waals surface area contributed by atoms with Crippen molar-refractivity contribution in [3.8, 4) is 0 Å². The van der Waals surface area contributed by atoms with E-state index >= 15 is 0 Å². The Morgan fingerprint density at radius 2 is 1.85 bits per heavy atom. The van der Waals surface area contributed by atoms with Gasteiger partial charge in [-0.3, -0.25) is 9.69 Å². The number of rotatable bonds is 8. The second-order valence-corrected chi connectivity index (χ2v) is 7.36. The van der Waals surface area contributed by atoms with Gasteiger partial charge in [-0.05, 0) is 44.4 Å². The molecule has 26 heavy (non-hydrogen) atoms. The van der Waals surface area contributed by atoms with Crippen LogP contribution in [-0.4, -0.2) is 52.3 Å². The van der Waals surface area contributed by atoms with Crippen LogP contribution in [0.25, 0.3) is 0 Å². The summed E-state index contributed by atoms with van der Waals surface area (Å²) >= 11 is 0. The second-order valence-electron chi connectivity index (χ2n) is 7.36. The van der Waals surface area contributed by atoms with Crippen LogP contribution in [0.5, 0.6) is 0 Å². The van der Waals surface area contributed by atoms with E-state index in [4.69, 9.17) is 5.11 Å². The number of amides is 2. The summed E-state index contributed by atoms with van der Waals surface area (Å²) in [5.74, 6) is -0.823. The largest absolute Gasteiger partial charge is 0.480 e. The predicted molar refractivity (Wildman–Crippen MR) is 98.8 cm³/mol. The lowest BCUT2D eigenvalue weighted by Gasteiger charge is -2.42. The van der Waals surface area contributed by atoms with Crippen molar-refractivity contribution in [2.24, 2.45) is 0 Å². The van der Waals surface area contributed by atoms with Crippen LogP contribution in [0.3, 0.4) is 0 Å². The number of nitrogens with zero attached hydrogens (tertiary/aromatic N) is 1. The first kappa shape index (κ1) is 20.2. The van der Waals surface area contributed by atoms with Crippen molar-refractivity contribution in [3.63, 3.8) is 0 Å². The van der Waals surface area contributed by atoms with Gasteiger partial charge in [0.1, 0.15) is 0 Å². The molecule has 0 atom stereocenters. The average molecular weight is 363 g/mol. The number of carboxylic acid groups (broad SMARTS) is 1. The summed E-state index contributed by atoms with van der Waals surface area (Å²) < 4.78 is 0. The van der Waals surface area contributed by atoms with Crippen LogP contribution in [-0.2, 0) is 16.9 Å². The van der Waals surface area contributed by atoms with Gasteiger partial charge in [0, 0.05) is 18.6 Å². The van der Waals surface area contributed by atoms with Crippen molar-refractivity contribution in [3.05, 3.63) is 35.4 Å². The van der Waals surface area contributed by atoms with Crippen LogP contribution in [0.2, 0.25) is 0 Å². The lowest BCUT2D eigenvalue weighted by molar-refractivity contribution is -0.139. The van der Waals surface area contributed by atoms with Crippen LogP contribution in [0.1, 0.15) is 44.7 Å². The number of carbonyl (C=O) groups is 2. The quantitative estimate of drug-likeness (QED) is 0.562. The highest BCUT2D eigenvalue weighted by atomic mass is 16.4. The number of hydrogen-bond acceptors (Lipinski definition) is 4. The van der Waals surface area contributed by atoms with E-state index in [1.54, 1.807) is 13.8 Å². The number of carboxylic acids is 1. The van der Waals surface area contributed by atoms with Crippen LogP contribution in [0.15, 0.2) is 24.3 Å². The number of aliphatic carboxylic acids is 1. The van der Waals surface area contributed by atoms with Gasteiger partial charge in [-0.1, -0.05) is 31.2 Å². The summed E-state index contributed by atoms with van der Waals surface area (Å²) in [6.07, 6.45) is 1.55. The summed E-state index contributed by atoms with van der Waals surface area (Å²) in [5.41, 5.74) is 0.906. The van der Waals surface area contributed by atoms with E-state index in [1.807, 2.05) is 36.1 Å². The average Bonchev–Trinajstić information content (AvgIpc) is 2.53. The normalized spacial score (nSPS) is 19.7. The molecular formula is C19H29N3O4. The maximum absolute atomic E-state index is 12.0. The third kappa shape index (κ3) is 5.71. The zero-order valence-electron chi connectivity index (χ0n) is 15.7. The van der Waals surface area contributed by atoms with Crippen LogP contribution in [0.4, 0.5) is 4.79 Å². The Kier molecular flexibility index (Phi) is 6.61. The summed E-state index contributed by atoms with van der Waals surface area (Å²) in [5, 5.41) is 24.6. The zero-order chi connectivity index (χ0) is 19.3. The number of carbonyl (C=O) groups excluding carboxylic acids is 1. The Morgan fingerprint density at radius 1 is 1.23 bits per heavy atom. The molecule has 0 bridgehead atoms. The molecule has 0 unspecified atom stereocenters. The van der Waals surface area contributed by atoms with Crippen molar-refractivity contribution in [2.75, 3.05) is 13.1 Å². The number of urea groups is 1. The maximum atomic E-state index is 12.0. The Morgan fingerprint density at radius 3 is 2.35 bits per heavy atom. The first-order valence-electron chi connectivity index (χ1n) is 9.01. The molecule has 1 fully saturated rings. The van der Waals surface area contributed by atoms with Crippen molar-refractivity contribution >= 4 is 12.0 Å². The van der Waals surface area contributed by atoms with Gasteiger partial charge in [-0.15, -0.1) is 0 Å². The number of benzene rings is 1. The van der Waals surface area contributed by atoms with E-state index in [2.05, 4.69) is 10.6 Å². The number of aliphatic hydroxyl groups is 1. The third-order valence-electron chi connectivity index (χ3n) is 4.82. The fourth-order valence-electron chi connectivity index (χ4n) is 3.13. The molecular weight excluding hydrogens is 334 g/mol. The summed E-state index contributed by atoms with van der Waals surface area (Å²) in [6.45, 7) is 6.55. The van der Waals surface area contributed by atoms with Gasteiger partial charge in [-0.2, -0.15) is 0 Å². The van der Waals surface area contributed by atoms with Gasteiger partial charge in [0.15, 0.2) is 0 Å². The molecule has 0 aromatic heterocycles. The molecule has 4 N–H and O–H groups in total. The fourth-order valence-corrected chi connectivity index (χ4v) is 3.13. The Labute approximate surface area is 154 Å². The molecule has 1 aliphatic carbocycles. The molecule has 2 amide bonds. The highest BCUT2D eigenvalue weighted by molar-refractivity contribution is 5.74. The second kappa shape index (κ2) is 8.51. The molecule has 7 heteroatoms. The molecule has 1 aromatic rings. The Bertz CT molecular complexity index is 619. The van der Waals surface area contributed by atoms with E-state index in [-0.39, 0.29) is 24.7 Å². The van der Waals surface area contributed by atoms with E-state index in [1.165, 1.54) is 0 Å². The maximum Gasteiger partial charge on any atom is 0.317 e. The minimum Gasteiger partial charge on any atom is -0.480 e. The monoisotopic (exact) mass is 363 g/mol. The van der Waals surface area contributed by atoms with Gasteiger partial charge >= 0.3 is 12.0 Å². The standard InChI is InChI=1S/C19H29N3O4/c1-4-22(12-17(23)24)16-9-15(10-16)21-18(25)20-11-13-5-7-14(8-6-13)19(2,3)26/h5-8,15-16,26H,4,9-12H2,1-3H3,(H,23,24)(H2,20,21,25). The van der Waals surface area contributed by atoms with Crippen molar-refractivity contribution in [2.45, 2.75) is 57.8 Å². The molecule has 1 saturated carbocycles.